The fourth-order valence-electron chi connectivity index (χ4n) is 3.37. The van der Waals surface area contributed by atoms with Gasteiger partial charge in [0.2, 0.25) is 5.69 Å². The molecule has 0 atom stereocenters. The second-order valence-electron chi connectivity index (χ2n) is 7.51. The summed E-state index contributed by atoms with van der Waals surface area (Å²) in [6.45, 7) is 8.10. The van der Waals surface area contributed by atoms with E-state index in [-0.39, 0.29) is 0 Å². The predicted molar refractivity (Wildman–Crippen MR) is 124 cm³/mol. The Bertz CT molecular complexity index is 1150. The highest BCUT2D eigenvalue weighted by Gasteiger charge is 2.11. The number of nitrogens with two attached hydrogens (primary N) is 1. The molecule has 0 amide bonds. The third-order valence-corrected chi connectivity index (χ3v) is 4.86. The van der Waals surface area contributed by atoms with Crippen LogP contribution in [0.4, 0.5) is 5.82 Å². The lowest BCUT2D eigenvalue weighted by molar-refractivity contribution is -0.594. The molecule has 4 rings (SSSR count). The van der Waals surface area contributed by atoms with Gasteiger partial charge in [0.25, 0.3) is 0 Å². The molecule has 0 aliphatic rings. The van der Waals surface area contributed by atoms with E-state index in [1.807, 2.05) is 69.3 Å². The van der Waals surface area contributed by atoms with Crippen LogP contribution in [-0.4, -0.2) is 4.98 Å². The van der Waals surface area contributed by atoms with Gasteiger partial charge in [-0.25, -0.2) is 4.98 Å². The maximum Gasteiger partial charge on any atom is 0.226 e. The van der Waals surface area contributed by atoms with Crippen molar-refractivity contribution in [1.29, 1.82) is 0 Å². The number of aryl methyl sites for hydroxylation is 4. The maximum absolute atomic E-state index is 11.7. The highest BCUT2D eigenvalue weighted by Crippen LogP contribution is 2.23. The van der Waals surface area contributed by atoms with Crippen LogP contribution in [0.2, 0.25) is 0 Å². The fraction of sp³-hybridized carbons (Fsp3) is 0.154. The third-order valence-electron chi connectivity index (χ3n) is 4.86. The van der Waals surface area contributed by atoms with E-state index in [1.54, 1.807) is 6.07 Å². The summed E-state index contributed by atoms with van der Waals surface area (Å²) in [5.74, 6) is 0.567. The average Bonchev–Trinajstić information content (AvgIpc) is 2.70. The first kappa shape index (κ1) is 21.1. The van der Waals surface area contributed by atoms with Crippen molar-refractivity contribution in [2.24, 2.45) is 0 Å². The summed E-state index contributed by atoms with van der Waals surface area (Å²) in [7, 11) is 0. The fourth-order valence-corrected chi connectivity index (χ4v) is 3.37. The first-order valence-electron chi connectivity index (χ1n) is 9.91. The molecule has 0 unspecified atom stereocenters. The molecule has 0 spiro atoms. The Balaban J connectivity index is 0.000000171. The molecule has 152 valence electrons. The normalized spacial score (nSPS) is 10.3. The summed E-state index contributed by atoms with van der Waals surface area (Å²) in [6, 6.07) is 23.8. The quantitative estimate of drug-likeness (QED) is 0.356. The molecule has 2 aromatic heterocycles. The Hall–Kier alpha value is -3.66. The van der Waals surface area contributed by atoms with Gasteiger partial charge in [-0.2, -0.15) is 4.73 Å². The van der Waals surface area contributed by atoms with Gasteiger partial charge in [-0.15, -0.1) is 0 Å². The van der Waals surface area contributed by atoms with Crippen molar-refractivity contribution in [3.8, 4) is 22.5 Å². The first-order chi connectivity index (χ1) is 14.3. The molecule has 30 heavy (non-hydrogen) atoms. The van der Waals surface area contributed by atoms with Crippen molar-refractivity contribution >= 4 is 5.82 Å². The molecule has 0 saturated carbocycles. The van der Waals surface area contributed by atoms with Crippen molar-refractivity contribution in [2.75, 3.05) is 5.73 Å². The van der Waals surface area contributed by atoms with Crippen LogP contribution in [0.3, 0.4) is 0 Å². The van der Waals surface area contributed by atoms with Gasteiger partial charge in [-0.3, -0.25) is 0 Å². The van der Waals surface area contributed by atoms with E-state index in [2.05, 4.69) is 30.1 Å². The molecule has 0 aliphatic carbocycles. The Morgan fingerprint density at radius 3 is 2.00 bits per heavy atom. The molecule has 0 radical (unpaired) electrons. The zero-order valence-electron chi connectivity index (χ0n) is 17.9. The molecule has 0 bridgehead atoms. The molecular weight excluding hydrogens is 370 g/mol. The number of aromatic nitrogens is 2. The lowest BCUT2D eigenvalue weighted by Gasteiger charge is -2.07. The Morgan fingerprint density at radius 1 is 0.733 bits per heavy atom. The number of nitrogen functional groups attached to an aromatic ring is 1. The van der Waals surface area contributed by atoms with Crippen LogP contribution in [0.1, 0.15) is 22.3 Å². The summed E-state index contributed by atoms with van der Waals surface area (Å²) in [5, 5.41) is 11.7. The molecule has 2 aromatic carbocycles. The van der Waals surface area contributed by atoms with Gasteiger partial charge in [0.05, 0.1) is 5.69 Å². The van der Waals surface area contributed by atoms with Gasteiger partial charge in [0.1, 0.15) is 5.82 Å². The number of anilines is 1. The molecule has 0 saturated heterocycles. The van der Waals surface area contributed by atoms with Crippen LogP contribution in [0.25, 0.3) is 22.5 Å². The highest BCUT2D eigenvalue weighted by molar-refractivity contribution is 5.65. The number of nitrogens with zero attached hydrogens (tertiary/aromatic N) is 2. The lowest BCUT2D eigenvalue weighted by Crippen LogP contribution is -2.29. The van der Waals surface area contributed by atoms with E-state index in [4.69, 9.17) is 5.73 Å². The Kier molecular flexibility index (Phi) is 6.48. The zero-order chi connectivity index (χ0) is 21.7. The molecule has 4 heteroatoms. The van der Waals surface area contributed by atoms with Crippen molar-refractivity contribution < 1.29 is 4.73 Å². The maximum atomic E-state index is 11.7. The summed E-state index contributed by atoms with van der Waals surface area (Å²) in [6.07, 6.45) is 1.53. The number of rotatable bonds is 2. The van der Waals surface area contributed by atoms with Gasteiger partial charge < -0.3 is 10.9 Å². The van der Waals surface area contributed by atoms with Crippen LogP contribution >= 0.6 is 0 Å². The minimum absolute atomic E-state index is 0.567. The second-order valence-corrected chi connectivity index (χ2v) is 7.51. The van der Waals surface area contributed by atoms with E-state index < -0.39 is 0 Å². The monoisotopic (exact) mass is 397 g/mol. The van der Waals surface area contributed by atoms with Crippen LogP contribution in [-0.2, 0) is 0 Å². The SMILES string of the molecule is Cc1cccc(-c2c(C)ccc[n+]2[O-])c1.Cc1cccc(-c2nc(N)ccc2C)c1. The van der Waals surface area contributed by atoms with E-state index in [0.717, 1.165) is 43.9 Å². The number of pyridine rings is 2. The van der Waals surface area contributed by atoms with Crippen molar-refractivity contribution in [3.05, 3.63) is 106 Å². The van der Waals surface area contributed by atoms with E-state index in [0.29, 0.717) is 5.82 Å². The molecule has 4 nitrogen and oxygen atoms in total. The highest BCUT2D eigenvalue weighted by atomic mass is 16.5. The summed E-state index contributed by atoms with van der Waals surface area (Å²) >= 11 is 0. The standard InChI is InChI=1S/C13H14N2.C13H13NO/c1-9-4-3-5-11(8-9)13-10(2)6-7-12(14)15-13;1-10-5-3-7-12(9-10)13-11(2)6-4-8-14(13)15/h3-8H,1-2H3,(H2,14,15);3-9H,1-2H3. The molecule has 4 aromatic rings. The second kappa shape index (κ2) is 9.23. The molecule has 2 heterocycles. The zero-order valence-corrected chi connectivity index (χ0v) is 17.9. The smallest absolute Gasteiger partial charge is 0.226 e. The molecule has 0 aliphatic heterocycles. The minimum atomic E-state index is 0.567. The number of hydrogen-bond acceptors (Lipinski definition) is 3. The van der Waals surface area contributed by atoms with Gasteiger partial charge in [-0.05, 0) is 63.6 Å². The van der Waals surface area contributed by atoms with Gasteiger partial charge >= 0.3 is 0 Å². The number of hydrogen-bond donors (Lipinski definition) is 1. The van der Waals surface area contributed by atoms with Crippen molar-refractivity contribution in [3.63, 3.8) is 0 Å². The topological polar surface area (TPSA) is 65.8 Å². The van der Waals surface area contributed by atoms with Crippen LogP contribution in [0, 0.1) is 32.9 Å². The van der Waals surface area contributed by atoms with E-state index in [1.165, 1.54) is 11.8 Å². The average molecular weight is 398 g/mol. The Labute approximate surface area is 178 Å². The predicted octanol–water partition coefficient (Wildman–Crippen LogP) is 5.55. The summed E-state index contributed by atoms with van der Waals surface area (Å²) < 4.78 is 0.921. The van der Waals surface area contributed by atoms with E-state index in [9.17, 15) is 5.21 Å². The summed E-state index contributed by atoms with van der Waals surface area (Å²) in [5.41, 5.74) is 14.0. The van der Waals surface area contributed by atoms with Gasteiger partial charge in [-0.1, -0.05) is 47.5 Å². The minimum Gasteiger partial charge on any atom is -0.618 e. The Morgan fingerprint density at radius 2 is 1.37 bits per heavy atom. The molecular formula is C26H27N3O. The molecule has 0 fully saturated rings. The third kappa shape index (κ3) is 5.03. The number of benzene rings is 2. The van der Waals surface area contributed by atoms with Crippen LogP contribution in [0.15, 0.2) is 79.0 Å². The molecule has 2 N–H and O–H groups in total. The van der Waals surface area contributed by atoms with E-state index >= 15 is 0 Å². The van der Waals surface area contributed by atoms with Crippen molar-refractivity contribution in [1.82, 2.24) is 4.98 Å². The van der Waals surface area contributed by atoms with Crippen molar-refractivity contribution in [2.45, 2.75) is 27.7 Å². The van der Waals surface area contributed by atoms with Gasteiger partial charge in [0, 0.05) is 22.8 Å². The first-order valence-corrected chi connectivity index (χ1v) is 9.91. The van der Waals surface area contributed by atoms with Gasteiger partial charge in [0.15, 0.2) is 6.20 Å². The summed E-state index contributed by atoms with van der Waals surface area (Å²) in [4.78, 5) is 4.36. The van der Waals surface area contributed by atoms with Crippen LogP contribution in [0.5, 0.6) is 0 Å². The van der Waals surface area contributed by atoms with Crippen LogP contribution < -0.4 is 10.5 Å². The largest absolute Gasteiger partial charge is 0.618 e. The lowest BCUT2D eigenvalue weighted by atomic mass is 10.0.